The Morgan fingerprint density at radius 2 is 1.50 bits per heavy atom. The van der Waals surface area contributed by atoms with E-state index in [1.54, 1.807) is 6.92 Å². The summed E-state index contributed by atoms with van der Waals surface area (Å²) in [5, 5.41) is 9.03. The van der Waals surface area contributed by atoms with Crippen LogP contribution in [0.3, 0.4) is 0 Å². The molecule has 1 N–H and O–H groups in total. The lowest BCUT2D eigenvalue weighted by Gasteiger charge is -2.27. The largest absolute Gasteiger partial charge is 0.478 e. The molecule has 0 amide bonds. The topological polar surface area (TPSA) is 37.3 Å². The van der Waals surface area contributed by atoms with Crippen LogP contribution in [0.4, 0.5) is 0 Å². The highest BCUT2D eigenvalue weighted by Crippen LogP contribution is 2.34. The minimum atomic E-state index is -0.788. The molecule has 0 aliphatic rings. The first-order valence-electron chi connectivity index (χ1n) is 7.24. The fraction of sp³-hybridized carbons (Fsp3) is 0.812. The molecule has 0 radical (unpaired) electrons. The Bertz CT molecular complexity index is 287. The zero-order chi connectivity index (χ0) is 14.2. The summed E-state index contributed by atoms with van der Waals surface area (Å²) in [6.07, 6.45) is 8.80. The van der Waals surface area contributed by atoms with Crippen molar-refractivity contribution in [2.24, 2.45) is 5.41 Å². The summed E-state index contributed by atoms with van der Waals surface area (Å²) >= 11 is 0. The Hall–Kier alpha value is -0.790. The van der Waals surface area contributed by atoms with Crippen LogP contribution in [0.25, 0.3) is 0 Å². The second-order valence-electron chi connectivity index (χ2n) is 5.96. The quantitative estimate of drug-likeness (QED) is 0.454. The summed E-state index contributed by atoms with van der Waals surface area (Å²) in [5.74, 6) is -0.788. The van der Waals surface area contributed by atoms with Gasteiger partial charge < -0.3 is 5.11 Å². The summed E-state index contributed by atoms with van der Waals surface area (Å²) in [5.41, 5.74) is 1.53. The van der Waals surface area contributed by atoms with E-state index in [0.717, 1.165) is 12.0 Å². The number of carboxylic acids is 1. The van der Waals surface area contributed by atoms with Crippen LogP contribution < -0.4 is 0 Å². The van der Waals surface area contributed by atoms with Crippen LogP contribution in [0.15, 0.2) is 11.1 Å². The molecule has 0 atom stereocenters. The van der Waals surface area contributed by atoms with Gasteiger partial charge in [-0.3, -0.25) is 0 Å². The number of hydrogen-bond acceptors (Lipinski definition) is 1. The van der Waals surface area contributed by atoms with Crippen LogP contribution >= 0.6 is 0 Å². The Morgan fingerprint density at radius 1 is 1.00 bits per heavy atom. The minimum Gasteiger partial charge on any atom is -0.478 e. The van der Waals surface area contributed by atoms with Crippen molar-refractivity contribution < 1.29 is 9.90 Å². The number of carboxylic acid groups (broad SMARTS) is 1. The third-order valence-electron chi connectivity index (χ3n) is 4.05. The summed E-state index contributed by atoms with van der Waals surface area (Å²) in [6, 6.07) is 0. The molecule has 0 unspecified atom stereocenters. The maximum atomic E-state index is 11.0. The van der Waals surface area contributed by atoms with E-state index in [9.17, 15) is 4.79 Å². The minimum absolute atomic E-state index is 0.00717. The number of carbonyl (C=O) groups is 1. The van der Waals surface area contributed by atoms with Crippen molar-refractivity contribution in [3.63, 3.8) is 0 Å². The van der Waals surface area contributed by atoms with Gasteiger partial charge in [0.05, 0.1) is 0 Å². The third-order valence-corrected chi connectivity index (χ3v) is 4.05. The first-order chi connectivity index (χ1) is 8.33. The van der Waals surface area contributed by atoms with E-state index >= 15 is 0 Å². The standard InChI is InChI=1S/C16H30O2/c1-6-7-8-9-10-11-12-16(4,5)14(3)13(2)15(17)18/h6-12H2,1-5H3,(H,17,18). The van der Waals surface area contributed by atoms with E-state index in [4.69, 9.17) is 5.11 Å². The van der Waals surface area contributed by atoms with Gasteiger partial charge in [-0.15, -0.1) is 0 Å². The highest BCUT2D eigenvalue weighted by Gasteiger charge is 2.23. The van der Waals surface area contributed by atoms with Crippen molar-refractivity contribution in [1.29, 1.82) is 0 Å². The normalized spacial score (nSPS) is 13.4. The van der Waals surface area contributed by atoms with Gasteiger partial charge in [0.25, 0.3) is 0 Å². The Balaban J connectivity index is 4.15. The van der Waals surface area contributed by atoms with Gasteiger partial charge in [0.2, 0.25) is 0 Å². The third kappa shape index (κ3) is 6.23. The van der Waals surface area contributed by atoms with Crippen molar-refractivity contribution in [3.05, 3.63) is 11.1 Å². The van der Waals surface area contributed by atoms with E-state index in [2.05, 4.69) is 20.8 Å². The van der Waals surface area contributed by atoms with Crippen molar-refractivity contribution in [3.8, 4) is 0 Å². The lowest BCUT2D eigenvalue weighted by atomic mass is 9.78. The van der Waals surface area contributed by atoms with Gasteiger partial charge in [0.1, 0.15) is 0 Å². The second-order valence-corrected chi connectivity index (χ2v) is 5.96. The summed E-state index contributed by atoms with van der Waals surface area (Å²) in [6.45, 7) is 10.2. The van der Waals surface area contributed by atoms with Gasteiger partial charge in [0.15, 0.2) is 0 Å². The van der Waals surface area contributed by atoms with Gasteiger partial charge in [-0.1, -0.05) is 64.9 Å². The number of rotatable bonds is 9. The molecule has 0 aromatic heterocycles. The summed E-state index contributed by atoms with van der Waals surface area (Å²) in [4.78, 5) is 11.0. The molecular weight excluding hydrogens is 224 g/mol. The predicted molar refractivity (Wildman–Crippen MR) is 77.8 cm³/mol. The molecule has 0 saturated heterocycles. The van der Waals surface area contributed by atoms with E-state index in [1.807, 2.05) is 6.92 Å². The van der Waals surface area contributed by atoms with Crippen LogP contribution in [0.5, 0.6) is 0 Å². The fourth-order valence-electron chi connectivity index (χ4n) is 2.20. The van der Waals surface area contributed by atoms with Crippen LogP contribution in [0.1, 0.15) is 79.6 Å². The molecule has 106 valence electrons. The molecule has 0 bridgehead atoms. The smallest absolute Gasteiger partial charge is 0.331 e. The lowest BCUT2D eigenvalue weighted by Crippen LogP contribution is -2.17. The van der Waals surface area contributed by atoms with E-state index in [0.29, 0.717) is 5.57 Å². The second kappa shape index (κ2) is 8.34. The maximum Gasteiger partial charge on any atom is 0.331 e. The number of unbranched alkanes of at least 4 members (excludes halogenated alkanes) is 5. The Morgan fingerprint density at radius 3 is 2.00 bits per heavy atom. The Labute approximate surface area is 112 Å². The van der Waals surface area contributed by atoms with Crippen molar-refractivity contribution in [2.45, 2.75) is 79.6 Å². The highest BCUT2D eigenvalue weighted by atomic mass is 16.4. The number of hydrogen-bond donors (Lipinski definition) is 1. The van der Waals surface area contributed by atoms with Crippen LogP contribution in [0.2, 0.25) is 0 Å². The zero-order valence-corrected chi connectivity index (χ0v) is 12.8. The monoisotopic (exact) mass is 254 g/mol. The maximum absolute atomic E-state index is 11.0. The zero-order valence-electron chi connectivity index (χ0n) is 12.8. The van der Waals surface area contributed by atoms with Crippen LogP contribution in [-0.4, -0.2) is 11.1 Å². The molecule has 0 aromatic rings. The van der Waals surface area contributed by atoms with Crippen LogP contribution in [0, 0.1) is 5.41 Å². The molecule has 2 nitrogen and oxygen atoms in total. The first kappa shape index (κ1) is 17.2. The average molecular weight is 254 g/mol. The van der Waals surface area contributed by atoms with Gasteiger partial charge in [-0.2, -0.15) is 0 Å². The molecule has 0 aliphatic heterocycles. The predicted octanol–water partition coefficient (Wildman–Crippen LogP) is 5.18. The average Bonchev–Trinajstić information content (AvgIpc) is 2.31. The SMILES string of the molecule is CCCCCCCCC(C)(C)C(C)=C(C)C(=O)O. The van der Waals surface area contributed by atoms with Gasteiger partial charge >= 0.3 is 5.97 Å². The van der Waals surface area contributed by atoms with Crippen molar-refractivity contribution in [2.75, 3.05) is 0 Å². The molecular formula is C16H30O2. The molecule has 0 aliphatic carbocycles. The van der Waals surface area contributed by atoms with Gasteiger partial charge in [0, 0.05) is 5.57 Å². The molecule has 0 saturated carbocycles. The van der Waals surface area contributed by atoms with E-state index in [1.165, 1.54) is 38.5 Å². The Kier molecular flexibility index (Phi) is 7.97. The fourth-order valence-corrected chi connectivity index (χ4v) is 2.20. The molecule has 0 heterocycles. The summed E-state index contributed by atoms with van der Waals surface area (Å²) in [7, 11) is 0. The molecule has 0 rings (SSSR count). The van der Waals surface area contributed by atoms with Crippen molar-refractivity contribution in [1.82, 2.24) is 0 Å². The molecule has 0 spiro atoms. The lowest BCUT2D eigenvalue weighted by molar-refractivity contribution is -0.132. The van der Waals surface area contributed by atoms with E-state index < -0.39 is 5.97 Å². The molecule has 18 heavy (non-hydrogen) atoms. The van der Waals surface area contributed by atoms with Crippen LogP contribution in [-0.2, 0) is 4.79 Å². The molecule has 2 heteroatoms. The summed E-state index contributed by atoms with van der Waals surface area (Å²) < 4.78 is 0. The number of allylic oxidation sites excluding steroid dienone is 1. The highest BCUT2D eigenvalue weighted by molar-refractivity contribution is 5.86. The first-order valence-corrected chi connectivity index (χ1v) is 7.24. The number of aliphatic carboxylic acids is 1. The van der Waals surface area contributed by atoms with Gasteiger partial charge in [-0.25, -0.2) is 4.79 Å². The van der Waals surface area contributed by atoms with Crippen molar-refractivity contribution >= 4 is 5.97 Å². The van der Waals surface area contributed by atoms with Gasteiger partial charge in [-0.05, 0) is 25.7 Å². The molecule has 0 fully saturated rings. The van der Waals surface area contributed by atoms with E-state index in [-0.39, 0.29) is 5.41 Å². The molecule has 0 aromatic carbocycles.